The number of hydrogen-bond acceptors (Lipinski definition) is 2. The Morgan fingerprint density at radius 1 is 0.526 bits per heavy atom. The maximum Gasteiger partial charge on any atom is 0.313 e. The average Bonchev–Trinajstić information content (AvgIpc) is 2.44. The Morgan fingerprint density at radius 3 is 1.00 bits per heavy atom. The number of hydrogen-bond donors (Lipinski definition) is 0. The molecule has 2 nitrogen and oxygen atoms in total. The summed E-state index contributed by atoms with van der Waals surface area (Å²) in [6.45, 7) is 14.0. The summed E-state index contributed by atoms with van der Waals surface area (Å²) in [4.78, 5) is 5.11. The Balaban J connectivity index is 4.16. The van der Waals surface area contributed by atoms with Crippen LogP contribution in [0.25, 0.3) is 0 Å². The highest BCUT2D eigenvalue weighted by atomic mass is 15.2. The molecule has 0 spiro atoms. The van der Waals surface area contributed by atoms with E-state index < -0.39 is 0 Å². The normalized spacial score (nSPS) is 11.5. The van der Waals surface area contributed by atoms with Gasteiger partial charge in [-0.25, -0.2) is 0 Å². The van der Waals surface area contributed by atoms with Crippen molar-refractivity contribution in [3.8, 4) is 0 Å². The monoisotopic (exact) mass is 267 g/mol. The molecule has 0 saturated carbocycles. The van der Waals surface area contributed by atoms with Crippen molar-refractivity contribution in [2.75, 3.05) is 26.2 Å². The molecule has 0 aromatic rings. The molecule has 0 heterocycles. The van der Waals surface area contributed by atoms with E-state index >= 15 is 0 Å². The zero-order chi connectivity index (χ0) is 14.3. The van der Waals surface area contributed by atoms with Crippen molar-refractivity contribution in [1.82, 2.24) is 9.62 Å². The summed E-state index contributed by atoms with van der Waals surface area (Å²) in [5.74, 6) is 0. The van der Waals surface area contributed by atoms with Gasteiger partial charge in [-0.15, -0.1) is 0 Å². The van der Waals surface area contributed by atoms with Gasteiger partial charge in [0, 0.05) is 0 Å². The molecule has 0 aliphatic carbocycles. The van der Waals surface area contributed by atoms with Gasteiger partial charge >= 0.3 is 7.55 Å². The van der Waals surface area contributed by atoms with Crippen LogP contribution in [0.3, 0.4) is 0 Å². The highest BCUT2D eigenvalue weighted by Gasteiger charge is 2.13. The molecule has 0 aliphatic rings. The van der Waals surface area contributed by atoms with Crippen molar-refractivity contribution >= 4 is 7.55 Å². The largest absolute Gasteiger partial charge is 0.332 e. The lowest BCUT2D eigenvalue weighted by atomic mass is 10.00. The first-order chi connectivity index (χ1) is 9.28. The fraction of sp³-hybridized carbons (Fsp3) is 1.00. The van der Waals surface area contributed by atoms with E-state index in [1.807, 2.05) is 0 Å². The summed E-state index contributed by atoms with van der Waals surface area (Å²) >= 11 is 0. The second-order valence-electron chi connectivity index (χ2n) is 5.60. The van der Waals surface area contributed by atoms with Gasteiger partial charge in [0.05, 0.1) is 0 Å². The van der Waals surface area contributed by atoms with Gasteiger partial charge in [-0.3, -0.25) is 0 Å². The molecule has 1 radical (unpaired) electrons. The summed E-state index contributed by atoms with van der Waals surface area (Å²) in [5, 5.41) is 0. The van der Waals surface area contributed by atoms with Gasteiger partial charge in [0.15, 0.2) is 0 Å². The highest BCUT2D eigenvalue weighted by Crippen LogP contribution is 2.03. The molecule has 113 valence electrons. The molecule has 0 aromatic heterocycles. The van der Waals surface area contributed by atoms with Gasteiger partial charge in [-0.1, -0.05) is 53.4 Å². The minimum atomic E-state index is 1.23. The van der Waals surface area contributed by atoms with Crippen molar-refractivity contribution in [3.63, 3.8) is 0 Å². The predicted molar refractivity (Wildman–Crippen MR) is 88.5 cm³/mol. The fourth-order valence-corrected chi connectivity index (χ4v) is 2.13. The van der Waals surface area contributed by atoms with E-state index in [2.05, 4.69) is 44.9 Å². The molecule has 0 fully saturated rings. The van der Waals surface area contributed by atoms with Crippen LogP contribution in [-0.4, -0.2) is 43.4 Å². The Bertz CT molecular complexity index is 142. The summed E-state index contributed by atoms with van der Waals surface area (Å²) < 4.78 is 0. The molecule has 3 heteroatoms. The smallest absolute Gasteiger partial charge is 0.313 e. The molecule has 0 aromatic carbocycles. The Hall–Kier alpha value is -0.0151. The average molecular weight is 267 g/mol. The SMILES string of the molecule is CCCCN([B]N(CCCC)CCCC)CCCC. The van der Waals surface area contributed by atoms with Gasteiger partial charge in [0.2, 0.25) is 0 Å². The third-order valence-corrected chi connectivity index (χ3v) is 3.52. The second-order valence-corrected chi connectivity index (χ2v) is 5.60. The topological polar surface area (TPSA) is 6.48 Å². The molecule has 0 amide bonds. The van der Waals surface area contributed by atoms with Crippen LogP contribution in [0.1, 0.15) is 79.1 Å². The zero-order valence-corrected chi connectivity index (χ0v) is 14.0. The fourth-order valence-electron chi connectivity index (χ4n) is 2.13. The summed E-state index contributed by atoms with van der Waals surface area (Å²) in [6, 6.07) is 0. The summed E-state index contributed by atoms with van der Waals surface area (Å²) in [7, 11) is 2.43. The summed E-state index contributed by atoms with van der Waals surface area (Å²) in [6.07, 6.45) is 10.4. The van der Waals surface area contributed by atoms with Gasteiger partial charge in [-0.2, -0.15) is 0 Å². The van der Waals surface area contributed by atoms with Crippen molar-refractivity contribution in [2.45, 2.75) is 79.1 Å². The van der Waals surface area contributed by atoms with E-state index in [0.717, 1.165) is 0 Å². The third kappa shape index (κ3) is 11.5. The molecule has 0 aliphatic heterocycles. The van der Waals surface area contributed by atoms with Crippen molar-refractivity contribution in [2.24, 2.45) is 0 Å². The Morgan fingerprint density at radius 2 is 0.789 bits per heavy atom. The van der Waals surface area contributed by atoms with Gasteiger partial charge in [-0.05, 0) is 51.9 Å². The maximum atomic E-state index is 2.55. The van der Waals surface area contributed by atoms with Crippen LogP contribution in [0.5, 0.6) is 0 Å². The van der Waals surface area contributed by atoms with E-state index in [-0.39, 0.29) is 0 Å². The van der Waals surface area contributed by atoms with Crippen LogP contribution >= 0.6 is 0 Å². The molecule has 0 atom stereocenters. The molecular weight excluding hydrogens is 231 g/mol. The van der Waals surface area contributed by atoms with Gasteiger partial charge < -0.3 is 9.62 Å². The number of nitrogens with zero attached hydrogens (tertiary/aromatic N) is 2. The number of unbranched alkanes of at least 4 members (excludes halogenated alkanes) is 4. The first-order valence-corrected chi connectivity index (χ1v) is 8.61. The van der Waals surface area contributed by atoms with E-state index in [0.29, 0.717) is 0 Å². The van der Waals surface area contributed by atoms with E-state index in [4.69, 9.17) is 0 Å². The standard InChI is InChI=1S/C16H36BN2/c1-5-9-13-18(14-10-6-2)17-19(15-11-7-3)16-12-8-4/h5-16H2,1-4H3. The molecule has 0 bridgehead atoms. The minimum absolute atomic E-state index is 1.23. The van der Waals surface area contributed by atoms with Gasteiger partial charge in [0.25, 0.3) is 0 Å². The first-order valence-electron chi connectivity index (χ1n) is 8.61. The first kappa shape index (κ1) is 19.0. The number of rotatable bonds is 14. The minimum Gasteiger partial charge on any atom is -0.332 e. The van der Waals surface area contributed by atoms with Gasteiger partial charge in [0.1, 0.15) is 0 Å². The van der Waals surface area contributed by atoms with Crippen molar-refractivity contribution in [3.05, 3.63) is 0 Å². The van der Waals surface area contributed by atoms with E-state index in [9.17, 15) is 0 Å². The van der Waals surface area contributed by atoms with Crippen LogP contribution in [-0.2, 0) is 0 Å². The maximum absolute atomic E-state index is 2.55. The molecule has 0 unspecified atom stereocenters. The quantitative estimate of drug-likeness (QED) is 0.432. The second kappa shape index (κ2) is 14.4. The predicted octanol–water partition coefficient (Wildman–Crippen LogP) is 4.33. The Kier molecular flexibility index (Phi) is 14.4. The lowest BCUT2D eigenvalue weighted by molar-refractivity contribution is 0.343. The molecular formula is C16H36BN2. The van der Waals surface area contributed by atoms with E-state index in [1.54, 1.807) is 0 Å². The van der Waals surface area contributed by atoms with Crippen LogP contribution in [0.4, 0.5) is 0 Å². The van der Waals surface area contributed by atoms with Crippen LogP contribution in [0.2, 0.25) is 0 Å². The molecule has 0 rings (SSSR count). The van der Waals surface area contributed by atoms with Crippen molar-refractivity contribution < 1.29 is 0 Å². The lowest BCUT2D eigenvalue weighted by Gasteiger charge is -2.29. The zero-order valence-electron chi connectivity index (χ0n) is 14.0. The third-order valence-electron chi connectivity index (χ3n) is 3.52. The van der Waals surface area contributed by atoms with Crippen LogP contribution < -0.4 is 0 Å². The summed E-state index contributed by atoms with van der Waals surface area (Å²) in [5.41, 5.74) is 0. The Labute approximate surface area is 123 Å². The molecule has 0 saturated heterocycles. The lowest BCUT2D eigenvalue weighted by Crippen LogP contribution is -2.43. The molecule has 19 heavy (non-hydrogen) atoms. The van der Waals surface area contributed by atoms with Crippen LogP contribution in [0, 0.1) is 0 Å². The van der Waals surface area contributed by atoms with Crippen molar-refractivity contribution in [1.29, 1.82) is 0 Å². The van der Waals surface area contributed by atoms with Crippen LogP contribution in [0.15, 0.2) is 0 Å². The molecule has 0 N–H and O–H groups in total. The van der Waals surface area contributed by atoms with E-state index in [1.165, 1.54) is 77.5 Å². The highest BCUT2D eigenvalue weighted by molar-refractivity contribution is 6.28.